The molecule has 0 spiro atoms. The van der Waals surface area contributed by atoms with Gasteiger partial charge in [-0.1, -0.05) is 36.4 Å². The van der Waals surface area contributed by atoms with Crippen LogP contribution in [0.4, 0.5) is 34.1 Å². The second kappa shape index (κ2) is 7.13. The first-order valence-electron chi connectivity index (χ1n) is 9.32. The third kappa shape index (κ3) is 3.19. The van der Waals surface area contributed by atoms with E-state index in [2.05, 4.69) is 27.3 Å². The van der Waals surface area contributed by atoms with Crippen LogP contribution in [0, 0.1) is 0 Å². The van der Waals surface area contributed by atoms with Gasteiger partial charge < -0.3 is 15.4 Å². The third-order valence-electron chi connectivity index (χ3n) is 4.75. The lowest BCUT2D eigenvalue weighted by atomic mass is 10.1. The van der Waals surface area contributed by atoms with Crippen molar-refractivity contribution in [3.8, 4) is 11.5 Å². The summed E-state index contributed by atoms with van der Waals surface area (Å²) < 4.78 is 6.06. The summed E-state index contributed by atoms with van der Waals surface area (Å²) in [6, 6.07) is 31.4. The molecule has 0 fully saturated rings. The summed E-state index contributed by atoms with van der Waals surface area (Å²) in [6.07, 6.45) is 0. The number of para-hydroxylation sites is 5. The van der Waals surface area contributed by atoms with Crippen molar-refractivity contribution >= 4 is 34.1 Å². The van der Waals surface area contributed by atoms with Crippen LogP contribution in [0.2, 0.25) is 0 Å². The minimum Gasteiger partial charge on any atom is -0.453 e. The number of anilines is 4. The fourth-order valence-electron chi connectivity index (χ4n) is 3.34. The van der Waals surface area contributed by atoms with Crippen molar-refractivity contribution in [3.63, 3.8) is 0 Å². The molecule has 0 unspecified atom stereocenters. The van der Waals surface area contributed by atoms with Crippen LogP contribution in [0.15, 0.2) is 107 Å². The lowest BCUT2D eigenvalue weighted by Crippen LogP contribution is -2.15. The van der Waals surface area contributed by atoms with Gasteiger partial charge in [0.15, 0.2) is 11.5 Å². The number of ether oxygens (including phenoxy) is 1. The van der Waals surface area contributed by atoms with E-state index in [9.17, 15) is 0 Å². The van der Waals surface area contributed by atoms with Crippen LogP contribution in [0.5, 0.6) is 11.5 Å². The first-order chi connectivity index (χ1) is 14.3. The van der Waals surface area contributed by atoms with Crippen molar-refractivity contribution in [2.24, 2.45) is 10.2 Å². The van der Waals surface area contributed by atoms with Crippen LogP contribution >= 0.6 is 0 Å². The minimum absolute atomic E-state index is 0.606. The van der Waals surface area contributed by atoms with Gasteiger partial charge in [0, 0.05) is 5.69 Å². The molecule has 0 saturated carbocycles. The fourth-order valence-corrected chi connectivity index (χ4v) is 3.34. The number of hydrogen-bond acceptors (Lipinski definition) is 5. The first kappa shape index (κ1) is 17.0. The highest BCUT2D eigenvalue weighted by atomic mass is 16.5. The molecule has 0 amide bonds. The van der Waals surface area contributed by atoms with Gasteiger partial charge in [0.25, 0.3) is 0 Å². The Bertz CT molecular complexity index is 1160. The monoisotopic (exact) mass is 378 g/mol. The van der Waals surface area contributed by atoms with Crippen LogP contribution in [-0.4, -0.2) is 0 Å². The number of hydrogen-bond donors (Lipinski definition) is 1. The molecule has 0 saturated heterocycles. The molecule has 5 nitrogen and oxygen atoms in total. The highest BCUT2D eigenvalue weighted by Gasteiger charge is 2.24. The fraction of sp³-hybridized carbons (Fsp3) is 0. The number of azo groups is 1. The average Bonchev–Trinajstić information content (AvgIpc) is 2.77. The van der Waals surface area contributed by atoms with Crippen LogP contribution in [0.1, 0.15) is 0 Å². The van der Waals surface area contributed by atoms with Gasteiger partial charge in [-0.25, -0.2) is 0 Å². The SMILES string of the molecule is Nc1ccccc1N=Nc1ccc(N2c3ccccc3Oc3ccccc32)cc1. The standard InChI is InChI=1S/C24H18N4O/c25-19-7-1-2-8-20(19)27-26-17-13-15-18(16-14-17)28-21-9-3-5-11-23(21)29-24-12-6-4-10-22(24)28/h1-16H,25H2. The van der Waals surface area contributed by atoms with Crippen LogP contribution in [-0.2, 0) is 0 Å². The molecule has 0 bridgehead atoms. The molecule has 0 radical (unpaired) electrons. The Kier molecular flexibility index (Phi) is 4.18. The molecule has 1 aliphatic heterocycles. The number of fused-ring (bicyclic) bond motifs is 2. The molecule has 2 N–H and O–H groups in total. The quantitative estimate of drug-likeness (QED) is 0.265. The Morgan fingerprint density at radius 1 is 0.621 bits per heavy atom. The van der Waals surface area contributed by atoms with E-state index in [0.717, 1.165) is 34.2 Å². The molecular formula is C24H18N4O. The van der Waals surface area contributed by atoms with Crippen molar-refractivity contribution in [3.05, 3.63) is 97.1 Å². The van der Waals surface area contributed by atoms with E-state index >= 15 is 0 Å². The van der Waals surface area contributed by atoms with E-state index in [0.29, 0.717) is 11.4 Å². The summed E-state index contributed by atoms with van der Waals surface area (Å²) in [4.78, 5) is 2.18. The van der Waals surface area contributed by atoms with Gasteiger partial charge in [-0.15, -0.1) is 5.11 Å². The average molecular weight is 378 g/mol. The van der Waals surface area contributed by atoms with Gasteiger partial charge >= 0.3 is 0 Å². The molecule has 1 heterocycles. The van der Waals surface area contributed by atoms with E-state index in [1.165, 1.54) is 0 Å². The number of rotatable bonds is 3. The Morgan fingerprint density at radius 3 is 1.86 bits per heavy atom. The van der Waals surface area contributed by atoms with Gasteiger partial charge in [0.2, 0.25) is 0 Å². The molecular weight excluding hydrogens is 360 g/mol. The third-order valence-corrected chi connectivity index (χ3v) is 4.75. The molecule has 4 aromatic rings. The lowest BCUT2D eigenvalue weighted by Gasteiger charge is -2.32. The van der Waals surface area contributed by atoms with Crippen molar-refractivity contribution < 1.29 is 4.74 Å². The predicted molar refractivity (Wildman–Crippen MR) is 116 cm³/mol. The number of nitrogen functional groups attached to an aromatic ring is 1. The maximum absolute atomic E-state index is 6.06. The van der Waals surface area contributed by atoms with E-state index in [4.69, 9.17) is 10.5 Å². The molecule has 0 aromatic heterocycles. The van der Waals surface area contributed by atoms with Crippen LogP contribution in [0.25, 0.3) is 0 Å². The molecule has 0 atom stereocenters. The maximum Gasteiger partial charge on any atom is 0.151 e. The first-order valence-corrected chi connectivity index (χ1v) is 9.32. The second-order valence-corrected chi connectivity index (χ2v) is 6.65. The zero-order valence-electron chi connectivity index (χ0n) is 15.6. The topological polar surface area (TPSA) is 63.2 Å². The maximum atomic E-state index is 6.06. The molecule has 4 aromatic carbocycles. The highest BCUT2D eigenvalue weighted by Crippen LogP contribution is 2.50. The Hall–Kier alpha value is -4.12. The summed E-state index contributed by atoms with van der Waals surface area (Å²) in [5.74, 6) is 1.66. The van der Waals surface area contributed by atoms with Gasteiger partial charge in [0.1, 0.15) is 5.69 Å². The predicted octanol–water partition coefficient (Wildman–Crippen LogP) is 7.26. The smallest absolute Gasteiger partial charge is 0.151 e. The van der Waals surface area contributed by atoms with E-state index in [-0.39, 0.29) is 0 Å². The zero-order chi connectivity index (χ0) is 19.6. The number of benzene rings is 4. The van der Waals surface area contributed by atoms with Crippen molar-refractivity contribution in [2.75, 3.05) is 10.6 Å². The highest BCUT2D eigenvalue weighted by molar-refractivity contribution is 5.86. The van der Waals surface area contributed by atoms with Crippen molar-refractivity contribution in [1.82, 2.24) is 0 Å². The molecule has 5 rings (SSSR count). The second-order valence-electron chi connectivity index (χ2n) is 6.65. The molecule has 5 heteroatoms. The number of nitrogens with zero attached hydrogens (tertiary/aromatic N) is 3. The Morgan fingerprint density at radius 2 is 1.21 bits per heavy atom. The normalized spacial score (nSPS) is 12.3. The molecule has 1 aliphatic rings. The van der Waals surface area contributed by atoms with Gasteiger partial charge in [-0.2, -0.15) is 5.11 Å². The largest absolute Gasteiger partial charge is 0.453 e. The van der Waals surface area contributed by atoms with Crippen molar-refractivity contribution in [2.45, 2.75) is 0 Å². The lowest BCUT2D eigenvalue weighted by molar-refractivity contribution is 0.477. The van der Waals surface area contributed by atoms with Crippen LogP contribution in [0.3, 0.4) is 0 Å². The number of nitrogens with two attached hydrogens (primary N) is 1. The Labute approximate surface area is 168 Å². The van der Waals surface area contributed by atoms with Crippen molar-refractivity contribution in [1.29, 1.82) is 0 Å². The van der Waals surface area contributed by atoms with E-state index in [1.54, 1.807) is 0 Å². The van der Waals surface area contributed by atoms with Gasteiger partial charge in [0.05, 0.1) is 22.7 Å². The van der Waals surface area contributed by atoms with Gasteiger partial charge in [-0.05, 0) is 60.7 Å². The summed E-state index contributed by atoms with van der Waals surface area (Å²) in [5, 5.41) is 8.57. The Balaban J connectivity index is 1.50. The molecule has 29 heavy (non-hydrogen) atoms. The molecule has 140 valence electrons. The zero-order valence-corrected chi connectivity index (χ0v) is 15.6. The summed E-state index contributed by atoms with van der Waals surface area (Å²) >= 11 is 0. The van der Waals surface area contributed by atoms with Gasteiger partial charge in [-0.3, -0.25) is 0 Å². The van der Waals surface area contributed by atoms with Crippen LogP contribution < -0.4 is 15.4 Å². The summed E-state index contributed by atoms with van der Waals surface area (Å²) in [6.45, 7) is 0. The molecule has 0 aliphatic carbocycles. The summed E-state index contributed by atoms with van der Waals surface area (Å²) in [5.41, 5.74) is 11.0. The van der Waals surface area contributed by atoms with E-state index in [1.807, 2.05) is 84.9 Å². The minimum atomic E-state index is 0.606. The van der Waals surface area contributed by atoms with E-state index < -0.39 is 0 Å². The summed E-state index contributed by atoms with van der Waals surface area (Å²) in [7, 11) is 0.